The maximum Gasteiger partial charge on any atom is 0.0540 e. The van der Waals surface area contributed by atoms with Crippen LogP contribution < -0.4 is 0 Å². The van der Waals surface area contributed by atoms with Crippen molar-refractivity contribution >= 4 is 11.6 Å². The van der Waals surface area contributed by atoms with Gasteiger partial charge in [-0.25, -0.2) is 0 Å². The van der Waals surface area contributed by atoms with Gasteiger partial charge in [0.2, 0.25) is 0 Å². The third-order valence-electron chi connectivity index (χ3n) is 1.55. The summed E-state index contributed by atoms with van der Waals surface area (Å²) in [4.78, 5) is 0. The molecular formula is C10H17ClO. The van der Waals surface area contributed by atoms with Gasteiger partial charge in [0.25, 0.3) is 0 Å². The lowest BCUT2D eigenvalue weighted by Gasteiger charge is -1.93. The minimum atomic E-state index is 0.180. The van der Waals surface area contributed by atoms with Crippen LogP contribution in [0.5, 0.6) is 0 Å². The average Bonchev–Trinajstić information content (AvgIpc) is 2.10. The average molecular weight is 189 g/mol. The molecule has 0 aromatic heterocycles. The molecule has 0 atom stereocenters. The molecule has 0 saturated heterocycles. The zero-order chi connectivity index (χ0) is 9.07. The largest absolute Gasteiger partial charge is 0.395 e. The molecule has 70 valence electrons. The Morgan fingerprint density at radius 1 is 0.917 bits per heavy atom. The van der Waals surface area contributed by atoms with E-state index in [1.165, 1.54) is 12.8 Å². The maximum atomic E-state index is 8.42. The lowest BCUT2D eigenvalue weighted by Crippen LogP contribution is -1.79. The Morgan fingerprint density at radius 3 is 2.25 bits per heavy atom. The summed E-state index contributed by atoms with van der Waals surface area (Å²) in [6, 6.07) is 0. The Labute approximate surface area is 80.1 Å². The predicted octanol–water partition coefficient (Wildman–Crippen LogP) is 2.56. The maximum absolute atomic E-state index is 8.42. The van der Waals surface area contributed by atoms with Crippen LogP contribution >= 0.6 is 11.6 Å². The van der Waals surface area contributed by atoms with Gasteiger partial charge in [0.1, 0.15) is 0 Å². The molecule has 0 aromatic rings. The number of aliphatic hydroxyl groups excluding tert-OH is 1. The van der Waals surface area contributed by atoms with Crippen LogP contribution in [0.2, 0.25) is 0 Å². The Morgan fingerprint density at radius 2 is 1.58 bits per heavy atom. The molecule has 0 rings (SSSR count). The molecule has 0 unspecified atom stereocenters. The zero-order valence-electron chi connectivity index (χ0n) is 7.48. The van der Waals surface area contributed by atoms with Crippen LogP contribution in [0.15, 0.2) is 0 Å². The molecule has 2 heteroatoms. The molecule has 1 N–H and O–H groups in total. The summed E-state index contributed by atoms with van der Waals surface area (Å²) < 4.78 is 0. The smallest absolute Gasteiger partial charge is 0.0540 e. The van der Waals surface area contributed by atoms with E-state index in [0.29, 0.717) is 6.42 Å². The van der Waals surface area contributed by atoms with Gasteiger partial charge in [-0.2, -0.15) is 0 Å². The summed E-state index contributed by atoms with van der Waals surface area (Å²) in [5.41, 5.74) is 0. The van der Waals surface area contributed by atoms with E-state index in [2.05, 4.69) is 11.8 Å². The summed E-state index contributed by atoms with van der Waals surface area (Å²) in [7, 11) is 0. The molecule has 0 aliphatic carbocycles. The van der Waals surface area contributed by atoms with Gasteiger partial charge in [-0.1, -0.05) is 12.8 Å². The van der Waals surface area contributed by atoms with Crippen molar-refractivity contribution < 1.29 is 5.11 Å². The molecule has 0 amide bonds. The molecule has 0 aliphatic heterocycles. The monoisotopic (exact) mass is 188 g/mol. The summed E-state index contributed by atoms with van der Waals surface area (Å²) in [6.07, 6.45) is 6.29. The second-order valence-electron chi connectivity index (χ2n) is 2.68. The number of rotatable bonds is 6. The van der Waals surface area contributed by atoms with Crippen molar-refractivity contribution in [2.45, 2.75) is 38.5 Å². The molecule has 0 aliphatic rings. The van der Waals surface area contributed by atoms with Gasteiger partial charge in [-0.3, -0.25) is 0 Å². The van der Waals surface area contributed by atoms with E-state index in [1.54, 1.807) is 0 Å². The van der Waals surface area contributed by atoms with Gasteiger partial charge < -0.3 is 5.11 Å². The second-order valence-corrected chi connectivity index (χ2v) is 3.06. The van der Waals surface area contributed by atoms with E-state index >= 15 is 0 Å². The van der Waals surface area contributed by atoms with Crippen LogP contribution in [-0.2, 0) is 0 Å². The van der Waals surface area contributed by atoms with Gasteiger partial charge in [0.15, 0.2) is 0 Å². The fraction of sp³-hybridized carbons (Fsp3) is 0.800. The van der Waals surface area contributed by atoms with Gasteiger partial charge in [0, 0.05) is 18.7 Å². The van der Waals surface area contributed by atoms with E-state index < -0.39 is 0 Å². The first-order valence-electron chi connectivity index (χ1n) is 4.54. The van der Waals surface area contributed by atoms with Crippen LogP contribution in [-0.4, -0.2) is 17.6 Å². The number of alkyl halides is 1. The highest BCUT2D eigenvalue weighted by Gasteiger charge is 1.86. The minimum Gasteiger partial charge on any atom is -0.395 e. The van der Waals surface area contributed by atoms with Crippen LogP contribution in [0.25, 0.3) is 0 Å². The first kappa shape index (κ1) is 11.8. The standard InChI is InChI=1S/C10H17ClO/c11-9-7-5-3-1-2-4-6-8-10-12/h12H,1-3,5,7-10H2. The summed E-state index contributed by atoms with van der Waals surface area (Å²) >= 11 is 5.53. The van der Waals surface area contributed by atoms with Crippen LogP contribution in [0.4, 0.5) is 0 Å². The quantitative estimate of drug-likeness (QED) is 0.386. The highest BCUT2D eigenvalue weighted by Crippen LogP contribution is 2.02. The molecule has 0 spiro atoms. The lowest BCUT2D eigenvalue weighted by molar-refractivity contribution is 0.305. The van der Waals surface area contributed by atoms with E-state index in [0.717, 1.165) is 25.1 Å². The third kappa shape index (κ3) is 9.81. The molecule has 0 radical (unpaired) electrons. The van der Waals surface area contributed by atoms with Crippen molar-refractivity contribution in [1.29, 1.82) is 0 Å². The molecular weight excluding hydrogens is 172 g/mol. The lowest BCUT2D eigenvalue weighted by atomic mass is 10.1. The number of unbranched alkanes of at least 4 members (excludes halogenated alkanes) is 4. The van der Waals surface area contributed by atoms with Crippen molar-refractivity contribution in [3.63, 3.8) is 0 Å². The SMILES string of the molecule is OCCC#CCCCCCCCl. The van der Waals surface area contributed by atoms with Gasteiger partial charge in [0.05, 0.1) is 6.61 Å². The Balaban J connectivity index is 2.96. The Bertz CT molecular complexity index is 135. The number of aliphatic hydroxyl groups is 1. The van der Waals surface area contributed by atoms with E-state index in [9.17, 15) is 0 Å². The van der Waals surface area contributed by atoms with Gasteiger partial charge in [-0.05, 0) is 12.8 Å². The van der Waals surface area contributed by atoms with Crippen LogP contribution in [0.3, 0.4) is 0 Å². The molecule has 0 saturated carbocycles. The summed E-state index contributed by atoms with van der Waals surface area (Å²) in [5, 5.41) is 8.42. The molecule has 0 bridgehead atoms. The highest BCUT2D eigenvalue weighted by molar-refractivity contribution is 6.17. The molecule has 0 heterocycles. The number of halogens is 1. The third-order valence-corrected chi connectivity index (χ3v) is 1.81. The van der Waals surface area contributed by atoms with Crippen molar-refractivity contribution in [2.24, 2.45) is 0 Å². The fourth-order valence-corrected chi connectivity index (χ4v) is 1.08. The first-order valence-corrected chi connectivity index (χ1v) is 5.08. The zero-order valence-corrected chi connectivity index (χ0v) is 8.24. The summed E-state index contributed by atoms with van der Waals surface area (Å²) in [6.45, 7) is 0.180. The van der Waals surface area contributed by atoms with Crippen molar-refractivity contribution in [3.05, 3.63) is 0 Å². The van der Waals surface area contributed by atoms with Crippen molar-refractivity contribution in [2.75, 3.05) is 12.5 Å². The molecule has 0 aromatic carbocycles. The highest BCUT2D eigenvalue weighted by atomic mass is 35.5. The van der Waals surface area contributed by atoms with E-state index in [4.69, 9.17) is 16.7 Å². The normalized spacial score (nSPS) is 9.17. The topological polar surface area (TPSA) is 20.2 Å². The van der Waals surface area contributed by atoms with E-state index in [1.807, 2.05) is 0 Å². The second kappa shape index (κ2) is 10.8. The molecule has 1 nitrogen and oxygen atoms in total. The summed E-state index contributed by atoms with van der Waals surface area (Å²) in [5.74, 6) is 6.69. The van der Waals surface area contributed by atoms with Gasteiger partial charge in [-0.15, -0.1) is 23.4 Å². The first-order chi connectivity index (χ1) is 5.91. The van der Waals surface area contributed by atoms with Gasteiger partial charge >= 0.3 is 0 Å². The fourth-order valence-electron chi connectivity index (χ4n) is 0.894. The Kier molecular flexibility index (Phi) is 10.6. The van der Waals surface area contributed by atoms with E-state index in [-0.39, 0.29) is 6.61 Å². The Hall–Kier alpha value is -0.190. The number of hydrogen-bond donors (Lipinski definition) is 1. The minimum absolute atomic E-state index is 0.180. The van der Waals surface area contributed by atoms with Crippen molar-refractivity contribution in [3.8, 4) is 11.8 Å². The van der Waals surface area contributed by atoms with Crippen molar-refractivity contribution in [1.82, 2.24) is 0 Å². The molecule has 12 heavy (non-hydrogen) atoms. The molecule has 0 fully saturated rings. The number of hydrogen-bond acceptors (Lipinski definition) is 1. The van der Waals surface area contributed by atoms with Crippen LogP contribution in [0, 0.1) is 11.8 Å². The predicted molar refractivity (Wildman–Crippen MR) is 53.3 cm³/mol. The van der Waals surface area contributed by atoms with Crippen LogP contribution in [0.1, 0.15) is 38.5 Å².